The standard InChI is InChI=1S/C11H9F3OS/c1-6-4-9(15)8-5-7(11(12,13)14)2-3-10(8)16-6/h2-3,5-6H,4H2,1H3. The Morgan fingerprint density at radius 1 is 1.38 bits per heavy atom. The van der Waals surface area contributed by atoms with Gasteiger partial charge in [-0.1, -0.05) is 6.92 Å². The molecule has 2 rings (SSSR count). The van der Waals surface area contributed by atoms with Crippen LogP contribution in [-0.2, 0) is 6.18 Å². The predicted octanol–water partition coefficient (Wildman–Crippen LogP) is 3.77. The van der Waals surface area contributed by atoms with Crippen LogP contribution in [0, 0.1) is 0 Å². The molecular formula is C11H9F3OS. The van der Waals surface area contributed by atoms with Crippen LogP contribution in [0.3, 0.4) is 0 Å². The lowest BCUT2D eigenvalue weighted by Crippen LogP contribution is -2.16. The quantitative estimate of drug-likeness (QED) is 0.693. The van der Waals surface area contributed by atoms with Gasteiger partial charge < -0.3 is 0 Å². The van der Waals surface area contributed by atoms with Crippen molar-refractivity contribution in [2.75, 3.05) is 0 Å². The Morgan fingerprint density at radius 2 is 2.06 bits per heavy atom. The third kappa shape index (κ3) is 2.09. The number of thioether (sulfide) groups is 1. The fourth-order valence-electron chi connectivity index (χ4n) is 1.66. The second kappa shape index (κ2) is 3.80. The van der Waals surface area contributed by atoms with Crippen molar-refractivity contribution in [3.8, 4) is 0 Å². The molecule has 1 aliphatic rings. The summed E-state index contributed by atoms with van der Waals surface area (Å²) in [5.41, 5.74) is -0.548. The topological polar surface area (TPSA) is 17.1 Å². The van der Waals surface area contributed by atoms with E-state index in [0.29, 0.717) is 11.3 Å². The fourth-order valence-corrected chi connectivity index (χ4v) is 2.77. The van der Waals surface area contributed by atoms with Gasteiger partial charge in [0.1, 0.15) is 0 Å². The zero-order valence-electron chi connectivity index (χ0n) is 8.47. The zero-order chi connectivity index (χ0) is 11.9. The molecule has 0 saturated heterocycles. The van der Waals surface area contributed by atoms with E-state index in [-0.39, 0.29) is 16.6 Å². The van der Waals surface area contributed by atoms with Crippen molar-refractivity contribution in [1.82, 2.24) is 0 Å². The Morgan fingerprint density at radius 3 is 2.69 bits per heavy atom. The molecule has 1 aliphatic heterocycles. The lowest BCUT2D eigenvalue weighted by atomic mass is 10.0. The minimum Gasteiger partial charge on any atom is -0.294 e. The van der Waals surface area contributed by atoms with Gasteiger partial charge >= 0.3 is 6.18 Å². The van der Waals surface area contributed by atoms with E-state index in [4.69, 9.17) is 0 Å². The zero-order valence-corrected chi connectivity index (χ0v) is 9.28. The predicted molar refractivity (Wildman–Crippen MR) is 55.7 cm³/mol. The van der Waals surface area contributed by atoms with Crippen LogP contribution in [0.2, 0.25) is 0 Å². The largest absolute Gasteiger partial charge is 0.416 e. The van der Waals surface area contributed by atoms with Crippen molar-refractivity contribution in [3.63, 3.8) is 0 Å². The minimum absolute atomic E-state index is 0.136. The van der Waals surface area contributed by atoms with E-state index in [1.54, 1.807) is 0 Å². The summed E-state index contributed by atoms with van der Waals surface area (Å²) >= 11 is 1.45. The van der Waals surface area contributed by atoms with Crippen LogP contribution in [0.25, 0.3) is 0 Å². The van der Waals surface area contributed by atoms with Crippen molar-refractivity contribution in [2.24, 2.45) is 0 Å². The first-order valence-electron chi connectivity index (χ1n) is 4.79. The van der Waals surface area contributed by atoms with E-state index in [1.165, 1.54) is 17.8 Å². The molecule has 86 valence electrons. The number of ketones is 1. The average Bonchev–Trinajstić information content (AvgIpc) is 2.15. The third-order valence-corrected chi connectivity index (χ3v) is 3.59. The van der Waals surface area contributed by atoms with E-state index < -0.39 is 11.7 Å². The Hall–Kier alpha value is -0.970. The van der Waals surface area contributed by atoms with E-state index >= 15 is 0 Å². The first-order valence-corrected chi connectivity index (χ1v) is 5.67. The molecule has 0 aromatic heterocycles. The SMILES string of the molecule is CC1CC(=O)c2cc(C(F)(F)F)ccc2S1. The van der Waals surface area contributed by atoms with Crippen LogP contribution in [0.5, 0.6) is 0 Å². The normalized spacial score (nSPS) is 20.8. The van der Waals surface area contributed by atoms with E-state index in [2.05, 4.69) is 0 Å². The summed E-state index contributed by atoms with van der Waals surface area (Å²) < 4.78 is 37.3. The first-order chi connectivity index (χ1) is 7.38. The average molecular weight is 246 g/mol. The molecule has 1 nitrogen and oxygen atoms in total. The summed E-state index contributed by atoms with van der Waals surface area (Å²) in [7, 11) is 0. The Bertz CT molecular complexity index is 439. The third-order valence-electron chi connectivity index (χ3n) is 2.41. The van der Waals surface area contributed by atoms with Crippen LogP contribution >= 0.6 is 11.8 Å². The van der Waals surface area contributed by atoms with Crippen LogP contribution in [-0.4, -0.2) is 11.0 Å². The number of halogens is 3. The maximum Gasteiger partial charge on any atom is 0.416 e. The maximum atomic E-state index is 12.4. The second-order valence-electron chi connectivity index (χ2n) is 3.76. The number of alkyl halides is 3. The van der Waals surface area contributed by atoms with Crippen molar-refractivity contribution in [3.05, 3.63) is 29.3 Å². The highest BCUT2D eigenvalue weighted by molar-refractivity contribution is 8.00. The van der Waals surface area contributed by atoms with E-state index in [9.17, 15) is 18.0 Å². The van der Waals surface area contributed by atoms with Gasteiger partial charge in [-0.3, -0.25) is 4.79 Å². The van der Waals surface area contributed by atoms with Crippen LogP contribution < -0.4 is 0 Å². The van der Waals surface area contributed by atoms with Gasteiger partial charge in [-0.15, -0.1) is 11.8 Å². The Balaban J connectivity index is 2.47. The summed E-state index contributed by atoms with van der Waals surface area (Å²) in [5.74, 6) is -0.202. The monoisotopic (exact) mass is 246 g/mol. The number of carbonyl (C=O) groups is 1. The molecule has 0 fully saturated rings. The molecule has 16 heavy (non-hydrogen) atoms. The highest BCUT2D eigenvalue weighted by atomic mass is 32.2. The smallest absolute Gasteiger partial charge is 0.294 e. The van der Waals surface area contributed by atoms with E-state index in [0.717, 1.165) is 12.1 Å². The highest BCUT2D eigenvalue weighted by Crippen LogP contribution is 2.38. The first kappa shape index (κ1) is 11.5. The number of carbonyl (C=O) groups excluding carboxylic acids is 1. The molecule has 1 heterocycles. The summed E-state index contributed by atoms with van der Waals surface area (Å²) in [5, 5.41) is 0.136. The Labute approximate surface area is 95.0 Å². The summed E-state index contributed by atoms with van der Waals surface area (Å²) in [4.78, 5) is 12.2. The van der Waals surface area contributed by atoms with Gasteiger partial charge in [-0.05, 0) is 18.2 Å². The maximum absolute atomic E-state index is 12.4. The van der Waals surface area contributed by atoms with Gasteiger partial charge in [0, 0.05) is 22.1 Å². The lowest BCUT2D eigenvalue weighted by molar-refractivity contribution is -0.137. The van der Waals surface area contributed by atoms with Gasteiger partial charge in [0.2, 0.25) is 0 Å². The fraction of sp³-hybridized carbons (Fsp3) is 0.364. The molecule has 0 radical (unpaired) electrons. The number of hydrogen-bond acceptors (Lipinski definition) is 2. The number of benzene rings is 1. The molecule has 0 bridgehead atoms. The molecule has 0 amide bonds. The number of hydrogen-bond donors (Lipinski definition) is 0. The minimum atomic E-state index is -4.39. The molecule has 0 spiro atoms. The molecule has 0 saturated carbocycles. The highest BCUT2D eigenvalue weighted by Gasteiger charge is 2.33. The van der Waals surface area contributed by atoms with Gasteiger partial charge in [0.15, 0.2) is 5.78 Å². The lowest BCUT2D eigenvalue weighted by Gasteiger charge is -2.20. The van der Waals surface area contributed by atoms with Crippen LogP contribution in [0.1, 0.15) is 29.3 Å². The van der Waals surface area contributed by atoms with Crippen molar-refractivity contribution < 1.29 is 18.0 Å². The molecule has 5 heteroatoms. The number of fused-ring (bicyclic) bond motifs is 1. The molecule has 0 N–H and O–H groups in total. The van der Waals surface area contributed by atoms with Crippen molar-refractivity contribution >= 4 is 17.5 Å². The summed E-state index contributed by atoms with van der Waals surface area (Å²) in [6.45, 7) is 1.89. The van der Waals surface area contributed by atoms with Gasteiger partial charge in [-0.25, -0.2) is 0 Å². The molecule has 1 unspecified atom stereocenters. The van der Waals surface area contributed by atoms with Crippen molar-refractivity contribution in [1.29, 1.82) is 0 Å². The van der Waals surface area contributed by atoms with Crippen molar-refractivity contribution in [2.45, 2.75) is 29.7 Å². The van der Waals surface area contributed by atoms with Crippen LogP contribution in [0.4, 0.5) is 13.2 Å². The molecule has 0 aliphatic carbocycles. The Kier molecular flexibility index (Phi) is 2.74. The summed E-state index contributed by atoms with van der Waals surface area (Å²) in [6, 6.07) is 3.37. The van der Waals surface area contributed by atoms with Gasteiger partial charge in [0.25, 0.3) is 0 Å². The van der Waals surface area contributed by atoms with E-state index in [1.807, 2.05) is 6.92 Å². The number of Topliss-reactive ketones (excluding diaryl/α,β-unsaturated/α-hetero) is 1. The summed E-state index contributed by atoms with van der Waals surface area (Å²) in [6.07, 6.45) is -4.08. The van der Waals surface area contributed by atoms with Crippen LogP contribution in [0.15, 0.2) is 23.1 Å². The molecule has 1 atom stereocenters. The molecular weight excluding hydrogens is 237 g/mol. The molecule has 1 aromatic rings. The van der Waals surface area contributed by atoms with Gasteiger partial charge in [-0.2, -0.15) is 13.2 Å². The number of rotatable bonds is 0. The second-order valence-corrected chi connectivity index (χ2v) is 5.24. The van der Waals surface area contributed by atoms with Gasteiger partial charge in [0.05, 0.1) is 5.56 Å². The molecule has 1 aromatic carbocycles.